The minimum atomic E-state index is -1.55. The molecule has 0 spiro atoms. The fourth-order valence-electron chi connectivity index (χ4n) is 3.13. The molecule has 2 N–H and O–H groups in total. The average Bonchev–Trinajstić information content (AvgIpc) is 2.74. The summed E-state index contributed by atoms with van der Waals surface area (Å²) in [7, 11) is 0. The predicted molar refractivity (Wildman–Crippen MR) is 74.0 cm³/mol. The van der Waals surface area contributed by atoms with Crippen LogP contribution in [0.2, 0.25) is 0 Å². The van der Waals surface area contributed by atoms with Gasteiger partial charge in [-0.05, 0) is 37.8 Å². The van der Waals surface area contributed by atoms with Crippen LogP contribution in [0.3, 0.4) is 0 Å². The lowest BCUT2D eigenvalue weighted by molar-refractivity contribution is 0.0923. The van der Waals surface area contributed by atoms with Crippen molar-refractivity contribution in [3.8, 4) is 0 Å². The van der Waals surface area contributed by atoms with Gasteiger partial charge in [-0.15, -0.1) is 12.4 Å². The number of amides is 1. The van der Waals surface area contributed by atoms with Gasteiger partial charge in [0.05, 0.1) is 0 Å². The number of nitrogens with one attached hydrogen (secondary N) is 2. The van der Waals surface area contributed by atoms with E-state index >= 15 is 0 Å². The van der Waals surface area contributed by atoms with E-state index in [0.717, 1.165) is 37.8 Å². The lowest BCUT2D eigenvalue weighted by Gasteiger charge is -2.29. The fraction of sp³-hybridized carbons (Fsp3) is 0.500. The van der Waals surface area contributed by atoms with Gasteiger partial charge in [0.1, 0.15) is 0 Å². The molecule has 2 aliphatic heterocycles. The van der Waals surface area contributed by atoms with Gasteiger partial charge in [0.15, 0.2) is 17.5 Å². The Labute approximate surface area is 126 Å². The first-order chi connectivity index (χ1) is 9.52. The minimum Gasteiger partial charge on any atom is -0.349 e. The van der Waals surface area contributed by atoms with E-state index in [-0.39, 0.29) is 24.0 Å². The molecule has 1 amide bonds. The van der Waals surface area contributed by atoms with Gasteiger partial charge < -0.3 is 10.6 Å². The second-order valence-electron chi connectivity index (χ2n) is 5.53. The van der Waals surface area contributed by atoms with E-state index < -0.39 is 23.4 Å². The second-order valence-corrected chi connectivity index (χ2v) is 5.53. The van der Waals surface area contributed by atoms with Gasteiger partial charge in [0.25, 0.3) is 5.91 Å². The van der Waals surface area contributed by atoms with Crippen molar-refractivity contribution in [2.75, 3.05) is 0 Å². The molecule has 2 bridgehead atoms. The molecule has 0 aromatic heterocycles. The normalized spacial score (nSPS) is 27.1. The number of piperidine rings is 1. The van der Waals surface area contributed by atoms with Crippen molar-refractivity contribution in [3.05, 3.63) is 35.1 Å². The van der Waals surface area contributed by atoms with E-state index in [1.165, 1.54) is 0 Å². The molecule has 1 aromatic carbocycles. The minimum absolute atomic E-state index is 0. The van der Waals surface area contributed by atoms with Crippen LogP contribution in [0, 0.1) is 17.5 Å². The number of benzene rings is 1. The molecule has 2 saturated heterocycles. The number of halogens is 4. The topological polar surface area (TPSA) is 41.1 Å². The van der Waals surface area contributed by atoms with Crippen LogP contribution in [0.5, 0.6) is 0 Å². The van der Waals surface area contributed by atoms with E-state index in [9.17, 15) is 18.0 Å². The Hall–Kier alpha value is -1.27. The molecule has 1 aromatic rings. The van der Waals surface area contributed by atoms with E-state index in [0.29, 0.717) is 12.1 Å². The van der Waals surface area contributed by atoms with Gasteiger partial charge in [-0.1, -0.05) is 0 Å². The number of rotatable bonds is 2. The Morgan fingerprint density at radius 1 is 1.10 bits per heavy atom. The molecular formula is C14H16ClF3N2O. The number of hydrogen-bond acceptors (Lipinski definition) is 2. The van der Waals surface area contributed by atoms with E-state index in [1.807, 2.05) is 0 Å². The largest absolute Gasteiger partial charge is 0.349 e. The Morgan fingerprint density at radius 3 is 2.14 bits per heavy atom. The van der Waals surface area contributed by atoms with Crippen molar-refractivity contribution in [1.29, 1.82) is 0 Å². The molecule has 0 saturated carbocycles. The van der Waals surface area contributed by atoms with Crippen molar-refractivity contribution >= 4 is 18.3 Å². The van der Waals surface area contributed by atoms with Crippen molar-refractivity contribution < 1.29 is 18.0 Å². The summed E-state index contributed by atoms with van der Waals surface area (Å²) in [5.41, 5.74) is -0.188. The van der Waals surface area contributed by atoms with Crippen LogP contribution in [-0.2, 0) is 0 Å². The maximum atomic E-state index is 13.1. The van der Waals surface area contributed by atoms with Gasteiger partial charge in [-0.3, -0.25) is 4.79 Å². The highest BCUT2D eigenvalue weighted by molar-refractivity contribution is 5.94. The van der Waals surface area contributed by atoms with Crippen LogP contribution in [-0.4, -0.2) is 24.0 Å². The maximum absolute atomic E-state index is 13.1. The summed E-state index contributed by atoms with van der Waals surface area (Å²) in [5, 5.41) is 6.21. The third-order valence-corrected chi connectivity index (χ3v) is 4.05. The lowest BCUT2D eigenvalue weighted by Crippen LogP contribution is -2.48. The summed E-state index contributed by atoms with van der Waals surface area (Å²) in [4.78, 5) is 12.0. The average molecular weight is 321 g/mol. The molecule has 0 radical (unpaired) electrons. The highest BCUT2D eigenvalue weighted by Crippen LogP contribution is 2.27. The zero-order chi connectivity index (χ0) is 14.3. The summed E-state index contributed by atoms with van der Waals surface area (Å²) >= 11 is 0. The van der Waals surface area contributed by atoms with Crippen molar-refractivity contribution in [2.24, 2.45) is 0 Å². The van der Waals surface area contributed by atoms with E-state index in [1.54, 1.807) is 0 Å². The molecule has 3 nitrogen and oxygen atoms in total. The first kappa shape index (κ1) is 16.1. The summed E-state index contributed by atoms with van der Waals surface area (Å²) in [6.45, 7) is 0. The summed E-state index contributed by atoms with van der Waals surface area (Å²) < 4.78 is 39.1. The lowest BCUT2D eigenvalue weighted by atomic mass is 9.99. The van der Waals surface area contributed by atoms with Gasteiger partial charge in [-0.2, -0.15) is 0 Å². The molecule has 7 heteroatoms. The van der Waals surface area contributed by atoms with Crippen molar-refractivity contribution in [2.45, 2.75) is 43.8 Å². The van der Waals surface area contributed by atoms with Crippen molar-refractivity contribution in [3.63, 3.8) is 0 Å². The van der Waals surface area contributed by atoms with Crippen LogP contribution in [0.1, 0.15) is 36.0 Å². The second kappa shape index (κ2) is 6.23. The SMILES string of the molecule is Cl.O=C(NC1CC2CCC(C1)N2)c1cc(F)c(F)c(F)c1. The smallest absolute Gasteiger partial charge is 0.251 e. The molecule has 21 heavy (non-hydrogen) atoms. The Morgan fingerprint density at radius 2 is 1.62 bits per heavy atom. The quantitative estimate of drug-likeness (QED) is 0.822. The van der Waals surface area contributed by atoms with E-state index in [2.05, 4.69) is 10.6 Å². The monoisotopic (exact) mass is 320 g/mol. The maximum Gasteiger partial charge on any atom is 0.251 e. The van der Waals surface area contributed by atoms with Gasteiger partial charge in [0, 0.05) is 23.7 Å². The summed E-state index contributed by atoms with van der Waals surface area (Å²) in [6.07, 6.45) is 3.82. The molecular weight excluding hydrogens is 305 g/mol. The first-order valence-electron chi connectivity index (χ1n) is 6.74. The molecule has 2 fully saturated rings. The van der Waals surface area contributed by atoms with Crippen LogP contribution < -0.4 is 10.6 Å². The molecule has 2 heterocycles. The first-order valence-corrected chi connectivity index (χ1v) is 6.74. The highest BCUT2D eigenvalue weighted by Gasteiger charge is 2.34. The number of carbonyl (C=O) groups excluding carboxylic acids is 1. The molecule has 0 aliphatic carbocycles. The predicted octanol–water partition coefficient (Wildman–Crippen LogP) is 2.54. The standard InChI is InChI=1S/C14H15F3N2O.ClH/c15-11-3-7(4-12(16)13(11)17)14(20)19-10-5-8-1-2-9(6-10)18-8;/h3-4,8-10,18H,1-2,5-6H2,(H,19,20);1H. The van der Waals surface area contributed by atoms with Gasteiger partial charge in [0.2, 0.25) is 0 Å². The van der Waals surface area contributed by atoms with Crippen molar-refractivity contribution in [1.82, 2.24) is 10.6 Å². The Kier molecular flexibility index (Phi) is 4.78. The molecule has 2 aliphatic rings. The zero-order valence-corrected chi connectivity index (χ0v) is 12.0. The Bertz CT molecular complexity index is 520. The Balaban J connectivity index is 0.00000161. The third kappa shape index (κ3) is 3.32. The highest BCUT2D eigenvalue weighted by atomic mass is 35.5. The molecule has 2 unspecified atom stereocenters. The summed E-state index contributed by atoms with van der Waals surface area (Å²) in [6, 6.07) is 2.26. The fourth-order valence-corrected chi connectivity index (χ4v) is 3.13. The number of hydrogen-bond donors (Lipinski definition) is 2. The van der Waals surface area contributed by atoms with Crippen LogP contribution in [0.15, 0.2) is 12.1 Å². The number of fused-ring (bicyclic) bond motifs is 2. The van der Waals surface area contributed by atoms with Crippen LogP contribution in [0.25, 0.3) is 0 Å². The van der Waals surface area contributed by atoms with Gasteiger partial charge >= 0.3 is 0 Å². The number of carbonyl (C=O) groups is 1. The van der Waals surface area contributed by atoms with Crippen LogP contribution >= 0.6 is 12.4 Å². The molecule has 2 atom stereocenters. The molecule has 116 valence electrons. The zero-order valence-electron chi connectivity index (χ0n) is 11.2. The molecule has 3 rings (SSSR count). The van der Waals surface area contributed by atoms with Gasteiger partial charge in [-0.25, -0.2) is 13.2 Å². The van der Waals surface area contributed by atoms with E-state index in [4.69, 9.17) is 0 Å². The summed E-state index contributed by atoms with van der Waals surface area (Å²) in [5.74, 6) is -4.81. The third-order valence-electron chi connectivity index (χ3n) is 4.05. The van der Waals surface area contributed by atoms with Crippen LogP contribution in [0.4, 0.5) is 13.2 Å².